The predicted molar refractivity (Wildman–Crippen MR) is 103 cm³/mol. The monoisotopic (exact) mass is 401 g/mol. The van der Waals surface area contributed by atoms with Gasteiger partial charge in [0, 0.05) is 24.7 Å². The van der Waals surface area contributed by atoms with E-state index in [1.54, 1.807) is 17.0 Å². The van der Waals surface area contributed by atoms with Crippen molar-refractivity contribution >= 4 is 17.3 Å². The van der Waals surface area contributed by atoms with Gasteiger partial charge < -0.3 is 4.90 Å². The quantitative estimate of drug-likeness (QED) is 0.509. The van der Waals surface area contributed by atoms with Gasteiger partial charge in [0.2, 0.25) is 0 Å². The molecule has 0 aromatic heterocycles. The maximum atomic E-state index is 13.2. The van der Waals surface area contributed by atoms with Crippen LogP contribution < -0.4 is 0 Å². The van der Waals surface area contributed by atoms with Gasteiger partial charge in [-0.05, 0) is 37.0 Å². The van der Waals surface area contributed by atoms with Gasteiger partial charge in [0.15, 0.2) is 0 Å². The Morgan fingerprint density at radius 2 is 1.55 bits per heavy atom. The second kappa shape index (κ2) is 8.76. The Balaban J connectivity index is 1.88. The number of rotatable bonds is 7. The van der Waals surface area contributed by atoms with Gasteiger partial charge in [0.05, 0.1) is 21.5 Å². The van der Waals surface area contributed by atoms with Gasteiger partial charge in [-0.15, -0.1) is 0 Å². The molecule has 152 valence electrons. The number of halogens is 1. The first-order chi connectivity index (χ1) is 13.8. The minimum absolute atomic E-state index is 0.0266. The van der Waals surface area contributed by atoms with Crippen LogP contribution in [0.2, 0.25) is 0 Å². The van der Waals surface area contributed by atoms with Crippen LogP contribution in [0.5, 0.6) is 0 Å². The molecule has 1 fully saturated rings. The van der Waals surface area contributed by atoms with Gasteiger partial charge in [-0.25, -0.2) is 4.39 Å². The highest BCUT2D eigenvalue weighted by atomic mass is 19.1. The van der Waals surface area contributed by atoms with E-state index in [1.165, 1.54) is 12.1 Å². The number of carbonyl (C=O) groups is 1. The van der Waals surface area contributed by atoms with Crippen molar-refractivity contribution in [2.24, 2.45) is 0 Å². The molecule has 29 heavy (non-hydrogen) atoms. The molecule has 0 atom stereocenters. The lowest BCUT2D eigenvalue weighted by Crippen LogP contribution is -2.40. The van der Waals surface area contributed by atoms with E-state index in [2.05, 4.69) is 0 Å². The maximum absolute atomic E-state index is 13.2. The lowest BCUT2D eigenvalue weighted by molar-refractivity contribution is -0.394. The van der Waals surface area contributed by atoms with Gasteiger partial charge in [-0.2, -0.15) is 0 Å². The zero-order valence-corrected chi connectivity index (χ0v) is 15.6. The summed E-state index contributed by atoms with van der Waals surface area (Å²) in [7, 11) is 0. The number of nitro benzene ring substituents is 2. The summed E-state index contributed by atoms with van der Waals surface area (Å²) in [6, 6.07) is 8.96. The minimum atomic E-state index is -0.748. The van der Waals surface area contributed by atoms with Crippen molar-refractivity contribution in [3.05, 3.63) is 79.6 Å². The summed E-state index contributed by atoms with van der Waals surface area (Å²) < 4.78 is 13.1. The van der Waals surface area contributed by atoms with E-state index in [1.807, 2.05) is 0 Å². The third kappa shape index (κ3) is 4.92. The summed E-state index contributed by atoms with van der Waals surface area (Å²) >= 11 is 0. The second-order valence-electron chi connectivity index (χ2n) is 7.07. The molecule has 9 heteroatoms. The summed E-state index contributed by atoms with van der Waals surface area (Å²) in [6.07, 6.45) is 4.05. The summed E-state index contributed by atoms with van der Waals surface area (Å²) in [6.45, 7) is 0.339. The third-order valence-corrected chi connectivity index (χ3v) is 5.15. The Morgan fingerprint density at radius 1 is 1.00 bits per heavy atom. The van der Waals surface area contributed by atoms with Crippen molar-refractivity contribution in [3.63, 3.8) is 0 Å². The molecule has 0 heterocycles. The molecular formula is C20H20FN3O5. The zero-order chi connectivity index (χ0) is 21.0. The van der Waals surface area contributed by atoms with Crippen molar-refractivity contribution in [1.29, 1.82) is 0 Å². The average Bonchev–Trinajstić information content (AvgIpc) is 3.23. The molecule has 3 rings (SSSR count). The Morgan fingerprint density at radius 3 is 2.07 bits per heavy atom. The van der Waals surface area contributed by atoms with E-state index in [-0.39, 0.29) is 17.4 Å². The number of nitrogens with zero attached hydrogens (tertiary/aromatic N) is 3. The van der Waals surface area contributed by atoms with Crippen LogP contribution in [0.15, 0.2) is 42.5 Å². The number of amides is 1. The van der Waals surface area contributed by atoms with E-state index in [9.17, 15) is 29.4 Å². The van der Waals surface area contributed by atoms with Gasteiger partial charge >= 0.3 is 0 Å². The number of nitro groups is 2. The van der Waals surface area contributed by atoms with Gasteiger partial charge in [0.25, 0.3) is 17.3 Å². The third-order valence-electron chi connectivity index (χ3n) is 5.15. The number of hydrogen-bond acceptors (Lipinski definition) is 5. The van der Waals surface area contributed by atoms with Crippen LogP contribution in [-0.4, -0.2) is 33.2 Å². The number of carbonyl (C=O) groups excluding carboxylic acids is 1. The molecule has 0 bridgehead atoms. The smallest absolute Gasteiger partial charge is 0.277 e. The topological polar surface area (TPSA) is 107 Å². The van der Waals surface area contributed by atoms with E-state index < -0.39 is 27.1 Å². The van der Waals surface area contributed by atoms with Crippen LogP contribution in [0.25, 0.3) is 0 Å². The van der Waals surface area contributed by atoms with E-state index in [4.69, 9.17) is 0 Å². The van der Waals surface area contributed by atoms with Crippen LogP contribution in [0.3, 0.4) is 0 Å². The molecular weight excluding hydrogens is 381 g/mol. The highest BCUT2D eigenvalue weighted by Gasteiger charge is 2.29. The first-order valence-corrected chi connectivity index (χ1v) is 9.34. The summed E-state index contributed by atoms with van der Waals surface area (Å²) in [4.78, 5) is 35.6. The molecule has 0 saturated heterocycles. The highest BCUT2D eigenvalue weighted by molar-refractivity contribution is 5.96. The SMILES string of the molecule is O=C(c1cc([N+](=O)[O-])cc([N+](=O)[O-])c1)N(CCc1ccc(F)cc1)C1CCCC1. The molecule has 2 aromatic carbocycles. The Bertz CT molecular complexity index is 894. The average molecular weight is 401 g/mol. The molecule has 0 unspecified atom stereocenters. The van der Waals surface area contributed by atoms with E-state index in [0.29, 0.717) is 13.0 Å². The molecule has 0 N–H and O–H groups in total. The van der Waals surface area contributed by atoms with Gasteiger partial charge in [-0.3, -0.25) is 25.0 Å². The molecule has 8 nitrogen and oxygen atoms in total. The Labute approximate surface area is 166 Å². The largest absolute Gasteiger partial charge is 0.335 e. The number of hydrogen-bond donors (Lipinski definition) is 0. The van der Waals surface area contributed by atoms with Gasteiger partial charge in [-0.1, -0.05) is 25.0 Å². The fourth-order valence-corrected chi connectivity index (χ4v) is 3.66. The van der Waals surface area contributed by atoms with Crippen LogP contribution in [0, 0.1) is 26.0 Å². The lowest BCUT2D eigenvalue weighted by Gasteiger charge is -2.29. The first kappa shape index (κ1) is 20.4. The van der Waals surface area contributed by atoms with Gasteiger partial charge in [0.1, 0.15) is 5.82 Å². The van der Waals surface area contributed by atoms with Crippen molar-refractivity contribution in [3.8, 4) is 0 Å². The molecule has 2 aromatic rings. The van der Waals surface area contributed by atoms with Crippen molar-refractivity contribution in [2.45, 2.75) is 38.1 Å². The van der Waals surface area contributed by atoms with Crippen molar-refractivity contribution in [2.75, 3.05) is 6.54 Å². The molecule has 1 aliphatic rings. The first-order valence-electron chi connectivity index (χ1n) is 9.34. The summed E-state index contributed by atoms with van der Waals surface area (Å²) in [5, 5.41) is 22.3. The number of benzene rings is 2. The Hall–Kier alpha value is -3.36. The fourth-order valence-electron chi connectivity index (χ4n) is 3.66. The van der Waals surface area contributed by atoms with Crippen molar-refractivity contribution < 1.29 is 19.0 Å². The van der Waals surface area contributed by atoms with Crippen LogP contribution in [0.4, 0.5) is 15.8 Å². The van der Waals surface area contributed by atoms with Crippen LogP contribution in [-0.2, 0) is 6.42 Å². The molecule has 1 amide bonds. The molecule has 0 spiro atoms. The van der Waals surface area contributed by atoms with E-state index >= 15 is 0 Å². The summed E-state index contributed by atoms with van der Waals surface area (Å²) in [5.74, 6) is -0.813. The Kier molecular flexibility index (Phi) is 6.16. The minimum Gasteiger partial charge on any atom is -0.335 e. The molecule has 1 aliphatic carbocycles. The molecule has 0 radical (unpaired) electrons. The van der Waals surface area contributed by atoms with E-state index in [0.717, 1.165) is 49.4 Å². The second-order valence-corrected chi connectivity index (χ2v) is 7.07. The van der Waals surface area contributed by atoms with Crippen molar-refractivity contribution in [1.82, 2.24) is 4.90 Å². The zero-order valence-electron chi connectivity index (χ0n) is 15.6. The summed E-state index contributed by atoms with van der Waals surface area (Å²) in [5.41, 5.74) is -0.205. The highest BCUT2D eigenvalue weighted by Crippen LogP contribution is 2.28. The van der Waals surface area contributed by atoms with Crippen LogP contribution >= 0.6 is 0 Å². The van der Waals surface area contributed by atoms with Crippen LogP contribution in [0.1, 0.15) is 41.6 Å². The molecule has 1 saturated carbocycles. The standard InChI is InChI=1S/C20H20FN3O5/c21-16-7-5-14(6-8-16)9-10-22(17-3-1-2-4-17)20(25)15-11-18(23(26)27)13-19(12-15)24(28)29/h5-8,11-13,17H,1-4,9-10H2. The number of non-ortho nitro benzene ring substituents is 2. The maximum Gasteiger partial charge on any atom is 0.277 e. The predicted octanol–water partition coefficient (Wildman–Crippen LogP) is 4.27. The molecule has 0 aliphatic heterocycles. The fraction of sp³-hybridized carbons (Fsp3) is 0.350. The lowest BCUT2D eigenvalue weighted by atomic mass is 10.1. The normalized spacial score (nSPS) is 14.0.